The van der Waals surface area contributed by atoms with E-state index in [4.69, 9.17) is 0 Å². The number of anilines is 1. The Morgan fingerprint density at radius 3 is 2.11 bits per heavy atom. The first-order valence-corrected chi connectivity index (χ1v) is 5.94. The van der Waals surface area contributed by atoms with Gasteiger partial charge in [-0.2, -0.15) is 13.2 Å². The number of nitrogens with zero attached hydrogens (tertiary/aromatic N) is 2. The first-order chi connectivity index (χ1) is 8.88. The van der Waals surface area contributed by atoms with Gasteiger partial charge in [0.15, 0.2) is 0 Å². The van der Waals surface area contributed by atoms with Gasteiger partial charge < -0.3 is 4.90 Å². The SMILES string of the molecule is O=[N+]([O-])c1ccc(N2CCC(C(F)(F)F)CC2)cc1. The summed E-state index contributed by atoms with van der Waals surface area (Å²) in [6.07, 6.45) is -3.98. The highest BCUT2D eigenvalue weighted by Crippen LogP contribution is 2.35. The van der Waals surface area contributed by atoms with Crippen LogP contribution in [0, 0.1) is 16.0 Å². The van der Waals surface area contributed by atoms with Crippen molar-refractivity contribution < 1.29 is 18.1 Å². The molecule has 0 aliphatic carbocycles. The number of hydrogen-bond acceptors (Lipinski definition) is 3. The molecule has 1 heterocycles. The van der Waals surface area contributed by atoms with E-state index >= 15 is 0 Å². The summed E-state index contributed by atoms with van der Waals surface area (Å²) in [5.41, 5.74) is 0.708. The van der Waals surface area contributed by atoms with Crippen LogP contribution in [-0.4, -0.2) is 24.2 Å². The van der Waals surface area contributed by atoms with Crippen molar-refractivity contribution in [3.63, 3.8) is 0 Å². The summed E-state index contributed by atoms with van der Waals surface area (Å²) in [4.78, 5) is 11.8. The predicted octanol–water partition coefficient (Wildman–Crippen LogP) is 3.37. The zero-order valence-electron chi connectivity index (χ0n) is 10.1. The molecular formula is C12H13F3N2O2. The topological polar surface area (TPSA) is 46.4 Å². The van der Waals surface area contributed by atoms with E-state index in [1.54, 1.807) is 12.1 Å². The fourth-order valence-electron chi connectivity index (χ4n) is 2.25. The molecule has 1 saturated heterocycles. The molecule has 1 aromatic rings. The lowest BCUT2D eigenvalue weighted by molar-refractivity contribution is -0.384. The van der Waals surface area contributed by atoms with Gasteiger partial charge in [0.1, 0.15) is 0 Å². The van der Waals surface area contributed by atoms with E-state index in [0.717, 1.165) is 5.69 Å². The van der Waals surface area contributed by atoms with E-state index in [9.17, 15) is 23.3 Å². The molecule has 2 rings (SSSR count). The molecule has 0 saturated carbocycles. The Hall–Kier alpha value is -1.79. The molecule has 1 aliphatic heterocycles. The molecule has 0 bridgehead atoms. The van der Waals surface area contributed by atoms with E-state index in [-0.39, 0.29) is 18.5 Å². The minimum atomic E-state index is -4.12. The maximum absolute atomic E-state index is 12.5. The minimum absolute atomic E-state index is 0.0195. The molecule has 0 aromatic heterocycles. The van der Waals surface area contributed by atoms with Crippen LogP contribution in [0.15, 0.2) is 24.3 Å². The lowest BCUT2D eigenvalue weighted by Crippen LogP contribution is -2.38. The monoisotopic (exact) mass is 274 g/mol. The van der Waals surface area contributed by atoms with Crippen LogP contribution in [0.2, 0.25) is 0 Å². The van der Waals surface area contributed by atoms with Gasteiger partial charge in [0.25, 0.3) is 5.69 Å². The minimum Gasteiger partial charge on any atom is -0.371 e. The Morgan fingerprint density at radius 1 is 1.16 bits per heavy atom. The third kappa shape index (κ3) is 3.15. The van der Waals surface area contributed by atoms with Crippen molar-refractivity contribution in [3.05, 3.63) is 34.4 Å². The molecule has 19 heavy (non-hydrogen) atoms. The lowest BCUT2D eigenvalue weighted by Gasteiger charge is -2.34. The molecule has 0 radical (unpaired) electrons. The van der Waals surface area contributed by atoms with Crippen LogP contribution in [0.4, 0.5) is 24.5 Å². The summed E-state index contributed by atoms with van der Waals surface area (Å²) in [5.74, 6) is -1.23. The van der Waals surface area contributed by atoms with Crippen molar-refractivity contribution in [2.24, 2.45) is 5.92 Å². The standard InChI is InChI=1S/C12H13F3N2O2/c13-12(14,15)9-5-7-16(8-6-9)10-1-3-11(4-2-10)17(18)19/h1-4,9H,5-8H2. The highest BCUT2D eigenvalue weighted by atomic mass is 19.4. The van der Waals surface area contributed by atoms with E-state index in [1.807, 2.05) is 4.90 Å². The van der Waals surface area contributed by atoms with Crippen molar-refractivity contribution in [2.75, 3.05) is 18.0 Å². The number of nitro benzene ring substituents is 1. The Labute approximate surface area is 108 Å². The van der Waals surface area contributed by atoms with Crippen LogP contribution < -0.4 is 4.90 Å². The summed E-state index contributed by atoms with van der Waals surface area (Å²) in [5, 5.41) is 10.5. The van der Waals surface area contributed by atoms with Gasteiger partial charge in [0.2, 0.25) is 0 Å². The molecule has 0 N–H and O–H groups in total. The second kappa shape index (κ2) is 5.07. The maximum Gasteiger partial charge on any atom is 0.391 e. The Bertz CT molecular complexity index is 451. The zero-order valence-corrected chi connectivity index (χ0v) is 10.1. The number of nitro groups is 1. The fraction of sp³-hybridized carbons (Fsp3) is 0.500. The number of benzene rings is 1. The van der Waals surface area contributed by atoms with Crippen molar-refractivity contribution >= 4 is 11.4 Å². The predicted molar refractivity (Wildman–Crippen MR) is 64.1 cm³/mol. The van der Waals surface area contributed by atoms with Crippen LogP contribution >= 0.6 is 0 Å². The van der Waals surface area contributed by atoms with Gasteiger partial charge in [-0.05, 0) is 25.0 Å². The van der Waals surface area contributed by atoms with Gasteiger partial charge in [-0.3, -0.25) is 10.1 Å². The normalized spacial score (nSPS) is 17.5. The molecular weight excluding hydrogens is 261 g/mol. The number of non-ortho nitro benzene ring substituents is 1. The number of alkyl halides is 3. The summed E-state index contributed by atoms with van der Waals surface area (Å²) in [6, 6.07) is 5.88. The molecule has 1 fully saturated rings. The molecule has 1 aromatic carbocycles. The van der Waals surface area contributed by atoms with Crippen LogP contribution in [0.5, 0.6) is 0 Å². The third-order valence-corrected chi connectivity index (χ3v) is 3.38. The van der Waals surface area contributed by atoms with Gasteiger partial charge in [0.05, 0.1) is 10.8 Å². The first kappa shape index (κ1) is 13.6. The van der Waals surface area contributed by atoms with Crippen LogP contribution in [0.25, 0.3) is 0 Å². The van der Waals surface area contributed by atoms with Crippen molar-refractivity contribution in [1.82, 2.24) is 0 Å². The highest BCUT2D eigenvalue weighted by Gasteiger charge is 2.41. The second-order valence-electron chi connectivity index (χ2n) is 4.58. The zero-order chi connectivity index (χ0) is 14.0. The fourth-order valence-corrected chi connectivity index (χ4v) is 2.25. The largest absolute Gasteiger partial charge is 0.391 e. The molecule has 0 spiro atoms. The first-order valence-electron chi connectivity index (χ1n) is 5.94. The van der Waals surface area contributed by atoms with Crippen LogP contribution in [0.1, 0.15) is 12.8 Å². The molecule has 7 heteroatoms. The Morgan fingerprint density at radius 2 is 1.68 bits per heavy atom. The van der Waals surface area contributed by atoms with E-state index in [0.29, 0.717) is 13.1 Å². The lowest BCUT2D eigenvalue weighted by atomic mass is 9.96. The molecule has 0 amide bonds. The summed E-state index contributed by atoms with van der Waals surface area (Å²) >= 11 is 0. The molecule has 0 atom stereocenters. The highest BCUT2D eigenvalue weighted by molar-refractivity contribution is 5.51. The number of hydrogen-bond donors (Lipinski definition) is 0. The smallest absolute Gasteiger partial charge is 0.371 e. The summed E-state index contributed by atoms with van der Waals surface area (Å²) < 4.78 is 37.6. The van der Waals surface area contributed by atoms with Gasteiger partial charge in [-0.15, -0.1) is 0 Å². The van der Waals surface area contributed by atoms with Gasteiger partial charge >= 0.3 is 6.18 Å². The van der Waals surface area contributed by atoms with Gasteiger partial charge in [-0.1, -0.05) is 0 Å². The van der Waals surface area contributed by atoms with E-state index < -0.39 is 17.0 Å². The van der Waals surface area contributed by atoms with Gasteiger partial charge in [0, 0.05) is 30.9 Å². The van der Waals surface area contributed by atoms with E-state index in [1.165, 1.54) is 12.1 Å². The van der Waals surface area contributed by atoms with Crippen molar-refractivity contribution in [2.45, 2.75) is 19.0 Å². The van der Waals surface area contributed by atoms with E-state index in [2.05, 4.69) is 0 Å². The Balaban J connectivity index is 2.00. The average molecular weight is 274 g/mol. The third-order valence-electron chi connectivity index (χ3n) is 3.38. The van der Waals surface area contributed by atoms with Crippen molar-refractivity contribution in [1.29, 1.82) is 0 Å². The molecule has 0 unspecified atom stereocenters. The molecule has 4 nitrogen and oxygen atoms in total. The maximum atomic E-state index is 12.5. The second-order valence-corrected chi connectivity index (χ2v) is 4.58. The molecule has 104 valence electrons. The Kier molecular flexibility index (Phi) is 3.64. The molecule has 1 aliphatic rings. The summed E-state index contributed by atoms with van der Waals surface area (Å²) in [7, 11) is 0. The van der Waals surface area contributed by atoms with Crippen molar-refractivity contribution in [3.8, 4) is 0 Å². The quantitative estimate of drug-likeness (QED) is 0.613. The van der Waals surface area contributed by atoms with Crippen LogP contribution in [-0.2, 0) is 0 Å². The van der Waals surface area contributed by atoms with Gasteiger partial charge in [-0.25, -0.2) is 0 Å². The average Bonchev–Trinajstić information content (AvgIpc) is 2.38. The number of rotatable bonds is 2. The number of halogens is 3. The van der Waals surface area contributed by atoms with Crippen LogP contribution in [0.3, 0.4) is 0 Å². The number of piperidine rings is 1. The summed E-state index contributed by atoms with van der Waals surface area (Å²) in [6.45, 7) is 0.643.